The third kappa shape index (κ3) is 8.75. The molecule has 1 saturated heterocycles. The summed E-state index contributed by atoms with van der Waals surface area (Å²) in [7, 11) is 7.67. The molecule has 0 bridgehead atoms. The minimum Gasteiger partial charge on any atom is -0.379 e. The summed E-state index contributed by atoms with van der Waals surface area (Å²) in [6, 6.07) is 5.08. The van der Waals surface area contributed by atoms with Crippen molar-refractivity contribution in [3.63, 3.8) is 0 Å². The van der Waals surface area contributed by atoms with Gasteiger partial charge in [0.15, 0.2) is 5.78 Å². The van der Waals surface area contributed by atoms with Crippen LogP contribution in [0.5, 0.6) is 0 Å². The minimum atomic E-state index is -0.189. The number of aldehydes is 1. The largest absolute Gasteiger partial charge is 0.379 e. The van der Waals surface area contributed by atoms with Gasteiger partial charge >= 0.3 is 0 Å². The maximum atomic E-state index is 11.3. The van der Waals surface area contributed by atoms with Crippen LogP contribution in [0.15, 0.2) is 18.2 Å². The van der Waals surface area contributed by atoms with Gasteiger partial charge in [0, 0.05) is 18.7 Å². The first kappa shape index (κ1) is 20.5. The van der Waals surface area contributed by atoms with E-state index in [1.807, 2.05) is 20.8 Å². The van der Waals surface area contributed by atoms with Crippen LogP contribution in [0.3, 0.4) is 0 Å². The molecular formula is C17H26BNO3. The molecule has 120 valence electrons. The van der Waals surface area contributed by atoms with Crippen LogP contribution in [0, 0.1) is 6.92 Å². The van der Waals surface area contributed by atoms with Gasteiger partial charge in [-0.15, -0.1) is 0 Å². The Hall–Kier alpha value is -1.46. The molecule has 1 aromatic carbocycles. The maximum Gasteiger partial charge on any atom is 0.169 e. The lowest BCUT2D eigenvalue weighted by atomic mass is 9.91. The first-order valence-corrected chi connectivity index (χ1v) is 7.63. The molecule has 4 nitrogen and oxygen atoms in total. The van der Waals surface area contributed by atoms with Crippen LogP contribution >= 0.6 is 0 Å². The van der Waals surface area contributed by atoms with Gasteiger partial charge in [-0.2, -0.15) is 0 Å². The lowest BCUT2D eigenvalue weighted by molar-refractivity contribution is -0.107. The van der Waals surface area contributed by atoms with E-state index in [0.717, 1.165) is 31.9 Å². The number of carbonyl (C=O) groups is 2. The number of carbonyl (C=O) groups excluding carboxylic acids is 2. The van der Waals surface area contributed by atoms with Gasteiger partial charge in [-0.1, -0.05) is 37.0 Å². The van der Waals surface area contributed by atoms with Crippen molar-refractivity contribution in [1.82, 2.24) is 4.90 Å². The van der Waals surface area contributed by atoms with E-state index in [2.05, 4.69) is 11.9 Å². The predicted octanol–water partition coefficient (Wildman–Crippen LogP) is 1.54. The fourth-order valence-electron chi connectivity index (χ4n) is 1.82. The molecule has 1 fully saturated rings. The van der Waals surface area contributed by atoms with Crippen LogP contribution in [0.2, 0.25) is 0 Å². The topological polar surface area (TPSA) is 46.6 Å². The zero-order valence-corrected chi connectivity index (χ0v) is 14.1. The number of rotatable bonds is 3. The van der Waals surface area contributed by atoms with E-state index < -0.39 is 0 Å². The zero-order valence-electron chi connectivity index (χ0n) is 14.1. The standard InChI is InChI=1S/C10H9BO2.C5H11NO.C2H6/c1-7-4-8(6-9(11)5-7)10(13)2-3-12;1-6-2-4-7-5-3-6;1-2/h3-6H,2H2,1H3;2-5H2,1H3;1-2H3. The third-order valence-electron chi connectivity index (χ3n) is 2.93. The van der Waals surface area contributed by atoms with E-state index in [0.29, 0.717) is 17.3 Å². The van der Waals surface area contributed by atoms with Crippen molar-refractivity contribution in [2.75, 3.05) is 33.4 Å². The van der Waals surface area contributed by atoms with E-state index in [9.17, 15) is 9.59 Å². The molecule has 2 rings (SSSR count). The number of ketones is 1. The summed E-state index contributed by atoms with van der Waals surface area (Å²) in [6.07, 6.45) is 0.518. The Bertz CT molecular complexity index is 437. The third-order valence-corrected chi connectivity index (χ3v) is 2.93. The number of nitrogens with zero attached hydrogens (tertiary/aromatic N) is 1. The Balaban J connectivity index is 0.000000412. The van der Waals surface area contributed by atoms with E-state index >= 15 is 0 Å². The van der Waals surface area contributed by atoms with E-state index in [4.69, 9.17) is 12.6 Å². The van der Waals surface area contributed by atoms with Crippen LogP contribution in [0.1, 0.15) is 36.2 Å². The fourth-order valence-corrected chi connectivity index (χ4v) is 1.82. The fraction of sp³-hybridized carbons (Fsp3) is 0.529. The number of hydrogen-bond acceptors (Lipinski definition) is 4. The second-order valence-corrected chi connectivity index (χ2v) is 4.84. The lowest BCUT2D eigenvalue weighted by Gasteiger charge is -2.21. The molecular weight excluding hydrogens is 277 g/mol. The van der Waals surface area contributed by atoms with E-state index in [1.54, 1.807) is 18.2 Å². The molecule has 1 aliphatic heterocycles. The lowest BCUT2D eigenvalue weighted by Crippen LogP contribution is -2.32. The van der Waals surface area contributed by atoms with Crippen molar-refractivity contribution >= 4 is 25.4 Å². The summed E-state index contributed by atoms with van der Waals surface area (Å²) in [4.78, 5) is 23.6. The van der Waals surface area contributed by atoms with Gasteiger partial charge in [0.25, 0.3) is 0 Å². The van der Waals surface area contributed by atoms with Crippen LogP contribution in [0.4, 0.5) is 0 Å². The second-order valence-electron chi connectivity index (χ2n) is 4.84. The highest BCUT2D eigenvalue weighted by molar-refractivity contribution is 6.32. The Morgan fingerprint density at radius 1 is 1.27 bits per heavy atom. The van der Waals surface area contributed by atoms with E-state index in [-0.39, 0.29) is 12.2 Å². The van der Waals surface area contributed by atoms with Crippen molar-refractivity contribution in [1.29, 1.82) is 0 Å². The maximum absolute atomic E-state index is 11.3. The Morgan fingerprint density at radius 2 is 1.86 bits per heavy atom. The van der Waals surface area contributed by atoms with Gasteiger partial charge in [-0.05, 0) is 20.0 Å². The normalized spacial score (nSPS) is 14.0. The summed E-state index contributed by atoms with van der Waals surface area (Å²) in [6.45, 7) is 9.88. The Kier molecular flexibility index (Phi) is 11.3. The van der Waals surface area contributed by atoms with Crippen molar-refractivity contribution in [3.05, 3.63) is 29.3 Å². The summed E-state index contributed by atoms with van der Waals surface area (Å²) < 4.78 is 5.10. The molecule has 1 aliphatic rings. The number of Topliss-reactive ketones (excluding diaryl/α,β-unsaturated/α-hetero) is 1. The molecule has 1 heterocycles. The molecule has 0 unspecified atom stereocenters. The number of hydrogen-bond donors (Lipinski definition) is 0. The van der Waals surface area contributed by atoms with Gasteiger partial charge in [-0.25, -0.2) is 0 Å². The molecule has 0 amide bonds. The Morgan fingerprint density at radius 3 is 2.27 bits per heavy atom. The number of benzene rings is 1. The summed E-state index contributed by atoms with van der Waals surface area (Å²) in [5.74, 6) is -0.189. The van der Waals surface area contributed by atoms with Crippen LogP contribution in [-0.4, -0.2) is 58.2 Å². The molecule has 0 aromatic heterocycles. The van der Waals surface area contributed by atoms with Gasteiger partial charge in [-0.3, -0.25) is 4.79 Å². The number of aryl methyl sites for hydroxylation is 1. The highest BCUT2D eigenvalue weighted by atomic mass is 16.5. The molecule has 0 N–H and O–H groups in total. The minimum absolute atomic E-state index is 0.0805. The number of ether oxygens (including phenoxy) is 1. The molecule has 2 radical (unpaired) electrons. The quantitative estimate of drug-likeness (QED) is 0.368. The number of likely N-dealkylation sites (N-methyl/N-ethyl adjacent to an activating group) is 1. The average molecular weight is 303 g/mol. The average Bonchev–Trinajstić information content (AvgIpc) is 2.50. The summed E-state index contributed by atoms with van der Waals surface area (Å²) in [5.41, 5.74) is 1.98. The van der Waals surface area contributed by atoms with E-state index in [1.165, 1.54) is 0 Å². The first-order chi connectivity index (χ1) is 10.5. The molecule has 0 atom stereocenters. The molecule has 22 heavy (non-hydrogen) atoms. The van der Waals surface area contributed by atoms with Crippen molar-refractivity contribution in [2.45, 2.75) is 27.2 Å². The van der Waals surface area contributed by atoms with Crippen LogP contribution in [-0.2, 0) is 9.53 Å². The summed E-state index contributed by atoms with van der Waals surface area (Å²) >= 11 is 0. The molecule has 5 heteroatoms. The highest BCUT2D eigenvalue weighted by Crippen LogP contribution is 2.04. The smallest absolute Gasteiger partial charge is 0.169 e. The number of morpholine rings is 1. The Labute approximate surface area is 135 Å². The highest BCUT2D eigenvalue weighted by Gasteiger charge is 2.05. The van der Waals surface area contributed by atoms with Crippen molar-refractivity contribution in [3.8, 4) is 0 Å². The van der Waals surface area contributed by atoms with Gasteiger partial charge < -0.3 is 14.4 Å². The van der Waals surface area contributed by atoms with Crippen molar-refractivity contribution in [2.24, 2.45) is 0 Å². The van der Waals surface area contributed by atoms with Gasteiger partial charge in [0.1, 0.15) is 14.1 Å². The van der Waals surface area contributed by atoms with Crippen LogP contribution in [0.25, 0.3) is 0 Å². The second kappa shape index (κ2) is 12.1. The first-order valence-electron chi connectivity index (χ1n) is 7.63. The molecule has 1 aromatic rings. The van der Waals surface area contributed by atoms with Gasteiger partial charge in [0.05, 0.1) is 19.6 Å². The molecule has 0 spiro atoms. The molecule has 0 saturated carbocycles. The predicted molar refractivity (Wildman–Crippen MR) is 91.2 cm³/mol. The summed E-state index contributed by atoms with van der Waals surface area (Å²) in [5, 5.41) is 0. The zero-order chi connectivity index (χ0) is 17.0. The SMILES string of the molecule is CC.CN1CCOCC1.[B]c1cc(C)cc(C(=O)CC=O)c1. The monoisotopic (exact) mass is 303 g/mol. The van der Waals surface area contributed by atoms with Gasteiger partial charge in [0.2, 0.25) is 0 Å². The van der Waals surface area contributed by atoms with Crippen LogP contribution < -0.4 is 5.46 Å². The van der Waals surface area contributed by atoms with Crippen molar-refractivity contribution < 1.29 is 14.3 Å². The molecule has 0 aliphatic carbocycles.